The zero-order valence-electron chi connectivity index (χ0n) is 11.4. The van der Waals surface area contributed by atoms with Crippen LogP contribution < -0.4 is 10.6 Å². The molecular weight excluding hydrogens is 224 g/mol. The van der Waals surface area contributed by atoms with Crippen LogP contribution in [-0.2, 0) is 4.79 Å². The number of hydrogen-bond acceptors (Lipinski definition) is 2. The van der Waals surface area contributed by atoms with Crippen LogP contribution in [0.3, 0.4) is 0 Å². The minimum atomic E-state index is 0.201. The lowest BCUT2D eigenvalue weighted by atomic mass is 10.0. The highest BCUT2D eigenvalue weighted by Crippen LogP contribution is 2.16. The van der Waals surface area contributed by atoms with E-state index < -0.39 is 0 Å². The predicted molar refractivity (Wildman–Crippen MR) is 76.5 cm³/mol. The lowest BCUT2D eigenvalue weighted by molar-refractivity contribution is -0.118. The van der Waals surface area contributed by atoms with Crippen molar-refractivity contribution in [3.63, 3.8) is 0 Å². The average Bonchev–Trinajstić information content (AvgIpc) is 2.39. The van der Waals surface area contributed by atoms with Gasteiger partial charge in [0.15, 0.2) is 0 Å². The van der Waals surface area contributed by atoms with Gasteiger partial charge in [0.25, 0.3) is 0 Å². The van der Waals surface area contributed by atoms with Gasteiger partial charge in [-0.15, -0.1) is 0 Å². The zero-order valence-corrected chi connectivity index (χ0v) is 11.4. The molecule has 0 aliphatic heterocycles. The molecule has 0 fully saturated rings. The number of hydrogen-bond donors (Lipinski definition) is 1. The molecule has 0 saturated heterocycles. The fourth-order valence-electron chi connectivity index (χ4n) is 2.04. The quantitative estimate of drug-likeness (QED) is 0.806. The summed E-state index contributed by atoms with van der Waals surface area (Å²) in [5.74, 6) is 0.723. The molecule has 0 aliphatic rings. The van der Waals surface area contributed by atoms with Gasteiger partial charge in [0.1, 0.15) is 0 Å². The number of benzene rings is 1. The molecule has 0 spiro atoms. The number of carbonyl (C=O) groups is 1. The predicted octanol–water partition coefficient (Wildman–Crippen LogP) is 2.80. The summed E-state index contributed by atoms with van der Waals surface area (Å²) >= 11 is 0. The Morgan fingerprint density at radius 3 is 2.50 bits per heavy atom. The second kappa shape index (κ2) is 7.88. The summed E-state index contributed by atoms with van der Waals surface area (Å²) in [5, 5.41) is 0. The number of para-hydroxylation sites is 1. The van der Waals surface area contributed by atoms with E-state index in [0.29, 0.717) is 25.4 Å². The van der Waals surface area contributed by atoms with Crippen LogP contribution in [0.2, 0.25) is 0 Å². The van der Waals surface area contributed by atoms with Crippen molar-refractivity contribution in [3.05, 3.63) is 30.3 Å². The van der Waals surface area contributed by atoms with E-state index in [9.17, 15) is 4.79 Å². The Labute approximate surface area is 110 Å². The third kappa shape index (κ3) is 4.49. The SMILES string of the molecule is CCN(C(=O)CCC(C)CCN)c1ccccc1. The first-order valence-electron chi connectivity index (χ1n) is 6.74. The van der Waals surface area contributed by atoms with Gasteiger partial charge in [0.2, 0.25) is 5.91 Å². The highest BCUT2D eigenvalue weighted by molar-refractivity contribution is 5.93. The molecule has 0 radical (unpaired) electrons. The van der Waals surface area contributed by atoms with Crippen molar-refractivity contribution in [2.75, 3.05) is 18.0 Å². The average molecular weight is 248 g/mol. The van der Waals surface area contributed by atoms with E-state index in [1.807, 2.05) is 42.2 Å². The lowest BCUT2D eigenvalue weighted by Gasteiger charge is -2.21. The summed E-state index contributed by atoms with van der Waals surface area (Å²) < 4.78 is 0. The molecular formula is C15H24N2O. The van der Waals surface area contributed by atoms with Gasteiger partial charge >= 0.3 is 0 Å². The highest BCUT2D eigenvalue weighted by Gasteiger charge is 2.14. The Morgan fingerprint density at radius 2 is 1.94 bits per heavy atom. The Bertz CT molecular complexity index is 351. The molecule has 1 unspecified atom stereocenters. The third-order valence-electron chi connectivity index (χ3n) is 3.20. The van der Waals surface area contributed by atoms with Crippen LogP contribution in [0.4, 0.5) is 5.69 Å². The van der Waals surface area contributed by atoms with E-state index in [-0.39, 0.29) is 5.91 Å². The van der Waals surface area contributed by atoms with Crippen molar-refractivity contribution >= 4 is 11.6 Å². The number of rotatable bonds is 7. The fourth-order valence-corrected chi connectivity index (χ4v) is 2.04. The van der Waals surface area contributed by atoms with E-state index in [1.54, 1.807) is 0 Å². The first kappa shape index (κ1) is 14.7. The van der Waals surface area contributed by atoms with Gasteiger partial charge in [-0.1, -0.05) is 25.1 Å². The molecule has 0 heterocycles. The molecule has 1 aromatic rings. The fraction of sp³-hybridized carbons (Fsp3) is 0.533. The Hall–Kier alpha value is -1.35. The Kier molecular flexibility index (Phi) is 6.44. The number of nitrogens with zero attached hydrogens (tertiary/aromatic N) is 1. The van der Waals surface area contributed by atoms with Crippen molar-refractivity contribution in [1.29, 1.82) is 0 Å². The van der Waals surface area contributed by atoms with Crippen LogP contribution in [0.5, 0.6) is 0 Å². The molecule has 0 aliphatic carbocycles. The van der Waals surface area contributed by atoms with Gasteiger partial charge in [-0.3, -0.25) is 4.79 Å². The molecule has 1 amide bonds. The van der Waals surface area contributed by atoms with E-state index in [1.165, 1.54) is 0 Å². The molecule has 0 aromatic heterocycles. The minimum absolute atomic E-state index is 0.201. The van der Waals surface area contributed by atoms with Gasteiger partial charge in [0.05, 0.1) is 0 Å². The van der Waals surface area contributed by atoms with Crippen LogP contribution in [0.15, 0.2) is 30.3 Å². The molecule has 0 saturated carbocycles. The van der Waals surface area contributed by atoms with E-state index in [0.717, 1.165) is 18.5 Å². The second-order valence-corrected chi connectivity index (χ2v) is 4.69. The first-order valence-corrected chi connectivity index (χ1v) is 6.74. The highest BCUT2D eigenvalue weighted by atomic mass is 16.2. The summed E-state index contributed by atoms with van der Waals surface area (Å²) in [6, 6.07) is 9.84. The summed E-state index contributed by atoms with van der Waals surface area (Å²) in [6.45, 7) is 5.58. The summed E-state index contributed by atoms with van der Waals surface area (Å²) in [6.07, 6.45) is 2.51. The van der Waals surface area contributed by atoms with Gasteiger partial charge in [-0.25, -0.2) is 0 Å². The number of anilines is 1. The van der Waals surface area contributed by atoms with Crippen LogP contribution in [0, 0.1) is 5.92 Å². The van der Waals surface area contributed by atoms with E-state index in [2.05, 4.69) is 6.92 Å². The van der Waals surface area contributed by atoms with E-state index in [4.69, 9.17) is 5.73 Å². The number of carbonyl (C=O) groups excluding carboxylic acids is 1. The molecule has 2 N–H and O–H groups in total. The maximum Gasteiger partial charge on any atom is 0.226 e. The first-order chi connectivity index (χ1) is 8.69. The van der Waals surface area contributed by atoms with Gasteiger partial charge in [0, 0.05) is 18.7 Å². The Morgan fingerprint density at radius 1 is 1.28 bits per heavy atom. The van der Waals surface area contributed by atoms with Crippen LogP contribution in [0.25, 0.3) is 0 Å². The van der Waals surface area contributed by atoms with E-state index >= 15 is 0 Å². The second-order valence-electron chi connectivity index (χ2n) is 4.69. The van der Waals surface area contributed by atoms with Gasteiger partial charge in [-0.05, 0) is 44.4 Å². The maximum atomic E-state index is 12.2. The van der Waals surface area contributed by atoms with Crippen LogP contribution in [0.1, 0.15) is 33.1 Å². The van der Waals surface area contributed by atoms with Crippen LogP contribution >= 0.6 is 0 Å². The Balaban J connectivity index is 2.53. The monoisotopic (exact) mass is 248 g/mol. The van der Waals surface area contributed by atoms with Crippen molar-refractivity contribution in [2.24, 2.45) is 11.7 Å². The molecule has 18 heavy (non-hydrogen) atoms. The van der Waals surface area contributed by atoms with Gasteiger partial charge < -0.3 is 10.6 Å². The molecule has 100 valence electrons. The third-order valence-corrected chi connectivity index (χ3v) is 3.20. The molecule has 3 heteroatoms. The molecule has 1 atom stereocenters. The van der Waals surface area contributed by atoms with Gasteiger partial charge in [-0.2, -0.15) is 0 Å². The molecule has 3 nitrogen and oxygen atoms in total. The zero-order chi connectivity index (χ0) is 13.4. The van der Waals surface area contributed by atoms with Crippen LogP contribution in [-0.4, -0.2) is 19.0 Å². The standard InChI is InChI=1S/C15H24N2O/c1-3-17(14-7-5-4-6-8-14)15(18)10-9-13(2)11-12-16/h4-8,13H,3,9-12,16H2,1-2H3. The minimum Gasteiger partial charge on any atom is -0.330 e. The van der Waals surface area contributed by atoms with Crippen molar-refractivity contribution < 1.29 is 4.79 Å². The topological polar surface area (TPSA) is 46.3 Å². The smallest absolute Gasteiger partial charge is 0.226 e. The normalized spacial score (nSPS) is 12.2. The summed E-state index contributed by atoms with van der Waals surface area (Å²) in [4.78, 5) is 14.0. The largest absolute Gasteiger partial charge is 0.330 e. The maximum absolute atomic E-state index is 12.2. The molecule has 1 aromatic carbocycles. The lowest BCUT2D eigenvalue weighted by Crippen LogP contribution is -2.30. The summed E-state index contributed by atoms with van der Waals surface area (Å²) in [5.41, 5.74) is 6.50. The molecule has 0 bridgehead atoms. The molecule has 1 rings (SSSR count). The summed E-state index contributed by atoms with van der Waals surface area (Å²) in [7, 11) is 0. The van der Waals surface area contributed by atoms with Crippen molar-refractivity contribution in [2.45, 2.75) is 33.1 Å². The number of nitrogens with two attached hydrogens (primary N) is 1. The van der Waals surface area contributed by atoms with Crippen molar-refractivity contribution in [1.82, 2.24) is 0 Å². The number of amides is 1. The van der Waals surface area contributed by atoms with Crippen molar-refractivity contribution in [3.8, 4) is 0 Å².